The summed E-state index contributed by atoms with van der Waals surface area (Å²) in [5, 5.41) is 1.07. The van der Waals surface area contributed by atoms with Gasteiger partial charge in [0.1, 0.15) is 12.1 Å². The van der Waals surface area contributed by atoms with Gasteiger partial charge in [0, 0.05) is 22.9 Å². The highest BCUT2D eigenvalue weighted by molar-refractivity contribution is 9.10. The SMILES string of the molecule is CCN(Cc1ccccc1)c1ncnc2ccc(Br)cc12.Cl. The van der Waals surface area contributed by atoms with E-state index in [0.29, 0.717) is 0 Å². The number of fused-ring (bicyclic) bond motifs is 1. The monoisotopic (exact) mass is 377 g/mol. The van der Waals surface area contributed by atoms with Gasteiger partial charge >= 0.3 is 0 Å². The number of halogens is 2. The molecular weight excluding hydrogens is 362 g/mol. The molecule has 0 atom stereocenters. The standard InChI is InChI=1S/C17H16BrN3.ClH/c1-2-21(11-13-6-4-3-5-7-13)17-15-10-14(18)8-9-16(15)19-12-20-17;/h3-10,12H,2,11H2,1H3;1H. The van der Waals surface area contributed by atoms with E-state index in [4.69, 9.17) is 0 Å². The molecule has 1 heterocycles. The van der Waals surface area contributed by atoms with Crippen LogP contribution in [0, 0.1) is 0 Å². The zero-order chi connectivity index (χ0) is 14.7. The maximum atomic E-state index is 4.51. The van der Waals surface area contributed by atoms with Crippen LogP contribution >= 0.6 is 28.3 Å². The molecule has 0 amide bonds. The van der Waals surface area contributed by atoms with Gasteiger partial charge in [-0.15, -0.1) is 12.4 Å². The van der Waals surface area contributed by atoms with Gasteiger partial charge in [-0.3, -0.25) is 0 Å². The molecule has 0 aliphatic heterocycles. The van der Waals surface area contributed by atoms with Gasteiger partial charge in [-0.05, 0) is 30.7 Å². The first-order chi connectivity index (χ1) is 10.3. The fourth-order valence-corrected chi connectivity index (χ4v) is 2.77. The van der Waals surface area contributed by atoms with Crippen molar-refractivity contribution in [2.45, 2.75) is 13.5 Å². The fourth-order valence-electron chi connectivity index (χ4n) is 2.41. The molecule has 0 aliphatic carbocycles. The molecule has 3 rings (SSSR count). The molecule has 5 heteroatoms. The second kappa shape index (κ2) is 7.56. The van der Waals surface area contributed by atoms with E-state index in [1.54, 1.807) is 6.33 Å². The van der Waals surface area contributed by atoms with Crippen molar-refractivity contribution < 1.29 is 0 Å². The lowest BCUT2D eigenvalue weighted by Gasteiger charge is -2.23. The Kier molecular flexibility index (Phi) is 5.75. The van der Waals surface area contributed by atoms with Gasteiger partial charge in [0.15, 0.2) is 0 Å². The number of hydrogen-bond acceptors (Lipinski definition) is 3. The molecule has 0 radical (unpaired) electrons. The lowest BCUT2D eigenvalue weighted by atomic mass is 10.2. The van der Waals surface area contributed by atoms with Crippen molar-refractivity contribution in [2.75, 3.05) is 11.4 Å². The molecule has 22 heavy (non-hydrogen) atoms. The van der Waals surface area contributed by atoms with Gasteiger partial charge in [-0.25, -0.2) is 9.97 Å². The third-order valence-electron chi connectivity index (χ3n) is 3.47. The Bertz CT molecular complexity index is 749. The minimum absolute atomic E-state index is 0. The van der Waals surface area contributed by atoms with E-state index in [9.17, 15) is 0 Å². The van der Waals surface area contributed by atoms with Crippen LogP contribution in [-0.4, -0.2) is 16.5 Å². The molecule has 2 aromatic carbocycles. The molecule has 1 aromatic heterocycles. The van der Waals surface area contributed by atoms with Gasteiger partial charge in [0.05, 0.1) is 5.52 Å². The largest absolute Gasteiger partial charge is 0.352 e. The second-order valence-electron chi connectivity index (χ2n) is 4.86. The van der Waals surface area contributed by atoms with E-state index in [-0.39, 0.29) is 12.4 Å². The first-order valence-corrected chi connectivity index (χ1v) is 7.76. The van der Waals surface area contributed by atoms with Gasteiger partial charge in [-0.2, -0.15) is 0 Å². The van der Waals surface area contributed by atoms with Crippen molar-refractivity contribution >= 4 is 45.1 Å². The Morgan fingerprint density at radius 2 is 1.82 bits per heavy atom. The molecule has 114 valence electrons. The lowest BCUT2D eigenvalue weighted by Crippen LogP contribution is -2.23. The van der Waals surface area contributed by atoms with Crippen LogP contribution in [0.5, 0.6) is 0 Å². The average molecular weight is 379 g/mol. The molecule has 3 aromatic rings. The molecule has 3 nitrogen and oxygen atoms in total. The van der Waals surface area contributed by atoms with Crippen LogP contribution < -0.4 is 4.90 Å². The molecule has 0 bridgehead atoms. The van der Waals surface area contributed by atoms with Crippen molar-refractivity contribution in [3.63, 3.8) is 0 Å². The predicted octanol–water partition coefficient (Wildman–Crippen LogP) is 4.84. The fraction of sp³-hybridized carbons (Fsp3) is 0.176. The summed E-state index contributed by atoms with van der Waals surface area (Å²) >= 11 is 3.53. The summed E-state index contributed by atoms with van der Waals surface area (Å²) in [6.07, 6.45) is 1.64. The van der Waals surface area contributed by atoms with Crippen LogP contribution in [0.15, 0.2) is 59.3 Å². The van der Waals surface area contributed by atoms with Crippen LogP contribution in [0.2, 0.25) is 0 Å². The van der Waals surface area contributed by atoms with E-state index in [1.807, 2.05) is 18.2 Å². The summed E-state index contributed by atoms with van der Waals surface area (Å²) in [7, 11) is 0. The second-order valence-corrected chi connectivity index (χ2v) is 5.77. The summed E-state index contributed by atoms with van der Waals surface area (Å²) in [5.41, 5.74) is 2.25. The number of benzene rings is 2. The summed E-state index contributed by atoms with van der Waals surface area (Å²) in [5.74, 6) is 0.979. The van der Waals surface area contributed by atoms with Crippen LogP contribution in [-0.2, 0) is 6.54 Å². The van der Waals surface area contributed by atoms with Crippen LogP contribution in [0.1, 0.15) is 12.5 Å². The van der Waals surface area contributed by atoms with Crippen molar-refractivity contribution in [3.8, 4) is 0 Å². The molecule has 0 saturated carbocycles. The summed E-state index contributed by atoms with van der Waals surface area (Å²) < 4.78 is 1.04. The Morgan fingerprint density at radius 1 is 1.05 bits per heavy atom. The maximum Gasteiger partial charge on any atom is 0.140 e. The average Bonchev–Trinajstić information content (AvgIpc) is 2.53. The Morgan fingerprint density at radius 3 is 2.55 bits per heavy atom. The minimum Gasteiger partial charge on any atom is -0.352 e. The Hall–Kier alpha value is -1.65. The van der Waals surface area contributed by atoms with E-state index in [0.717, 1.165) is 34.3 Å². The molecule has 0 saturated heterocycles. The first kappa shape index (κ1) is 16.7. The van der Waals surface area contributed by atoms with Crippen LogP contribution in [0.4, 0.5) is 5.82 Å². The molecule has 0 unspecified atom stereocenters. The van der Waals surface area contributed by atoms with Crippen LogP contribution in [0.3, 0.4) is 0 Å². The van der Waals surface area contributed by atoms with Crippen molar-refractivity contribution in [2.24, 2.45) is 0 Å². The first-order valence-electron chi connectivity index (χ1n) is 6.97. The summed E-state index contributed by atoms with van der Waals surface area (Å²) in [4.78, 5) is 11.1. The maximum absolute atomic E-state index is 4.51. The number of hydrogen-bond donors (Lipinski definition) is 0. The van der Waals surface area contributed by atoms with Gasteiger partial charge in [0.2, 0.25) is 0 Å². The predicted molar refractivity (Wildman–Crippen MR) is 97.7 cm³/mol. The minimum atomic E-state index is 0. The van der Waals surface area contributed by atoms with Gasteiger partial charge < -0.3 is 4.90 Å². The van der Waals surface area contributed by atoms with E-state index in [2.05, 4.69) is 68.1 Å². The molecule has 0 fully saturated rings. The third kappa shape index (κ3) is 3.57. The lowest BCUT2D eigenvalue weighted by molar-refractivity contribution is 0.816. The van der Waals surface area contributed by atoms with Crippen molar-refractivity contribution in [3.05, 3.63) is 64.9 Å². The van der Waals surface area contributed by atoms with Gasteiger partial charge in [0.25, 0.3) is 0 Å². The summed E-state index contributed by atoms with van der Waals surface area (Å²) in [6.45, 7) is 3.89. The normalized spacial score (nSPS) is 10.3. The topological polar surface area (TPSA) is 29.0 Å². The molecular formula is C17H17BrClN3. The van der Waals surface area contributed by atoms with Crippen molar-refractivity contribution in [1.29, 1.82) is 0 Å². The number of anilines is 1. The van der Waals surface area contributed by atoms with E-state index in [1.165, 1.54) is 5.56 Å². The number of nitrogens with zero attached hydrogens (tertiary/aromatic N) is 3. The van der Waals surface area contributed by atoms with E-state index < -0.39 is 0 Å². The number of rotatable bonds is 4. The highest BCUT2D eigenvalue weighted by atomic mass is 79.9. The van der Waals surface area contributed by atoms with Crippen LogP contribution in [0.25, 0.3) is 10.9 Å². The zero-order valence-electron chi connectivity index (χ0n) is 12.2. The summed E-state index contributed by atoms with van der Waals surface area (Å²) in [6, 6.07) is 16.6. The zero-order valence-corrected chi connectivity index (χ0v) is 14.6. The third-order valence-corrected chi connectivity index (χ3v) is 3.97. The molecule has 0 spiro atoms. The van der Waals surface area contributed by atoms with E-state index >= 15 is 0 Å². The van der Waals surface area contributed by atoms with Gasteiger partial charge in [-0.1, -0.05) is 46.3 Å². The molecule has 0 N–H and O–H groups in total. The highest BCUT2D eigenvalue weighted by Crippen LogP contribution is 2.26. The Labute approximate surface area is 144 Å². The molecule has 0 aliphatic rings. The quantitative estimate of drug-likeness (QED) is 0.650. The number of aromatic nitrogens is 2. The Balaban J connectivity index is 0.00000176. The smallest absolute Gasteiger partial charge is 0.140 e. The van der Waals surface area contributed by atoms with Crippen molar-refractivity contribution in [1.82, 2.24) is 9.97 Å². The highest BCUT2D eigenvalue weighted by Gasteiger charge is 2.11.